The van der Waals surface area contributed by atoms with Gasteiger partial charge in [0.2, 0.25) is 5.13 Å². The number of hydrogen-bond donors (Lipinski definition) is 2. The quantitative estimate of drug-likeness (QED) is 0.596. The minimum atomic E-state index is -0.135. The number of benzene rings is 1. The van der Waals surface area contributed by atoms with E-state index >= 15 is 0 Å². The molecule has 1 heterocycles. The Balaban J connectivity index is 1.97. The van der Waals surface area contributed by atoms with Crippen LogP contribution in [-0.2, 0) is 11.3 Å². The first-order valence-electron chi connectivity index (χ1n) is 6.27. The number of carbonyl (C=O) groups is 1. The molecule has 0 spiro atoms. The molecule has 0 unspecified atom stereocenters. The van der Waals surface area contributed by atoms with Gasteiger partial charge in [-0.1, -0.05) is 23.5 Å². The number of nitrogens with two attached hydrogens (primary N) is 1. The summed E-state index contributed by atoms with van der Waals surface area (Å²) in [6, 6.07) is 7.49. The minimum absolute atomic E-state index is 0.135. The van der Waals surface area contributed by atoms with Crippen LogP contribution in [0.15, 0.2) is 29.2 Å². The average Bonchev–Trinajstić information content (AvgIpc) is 2.91. The molecule has 1 amide bonds. The van der Waals surface area contributed by atoms with E-state index in [0.717, 1.165) is 10.6 Å². The summed E-state index contributed by atoms with van der Waals surface area (Å²) in [5, 5.41) is 11.5. The summed E-state index contributed by atoms with van der Waals surface area (Å²) in [7, 11) is 1.66. The van der Waals surface area contributed by atoms with Crippen LogP contribution in [0.2, 0.25) is 0 Å². The monoisotopic (exact) mass is 324 g/mol. The lowest BCUT2D eigenvalue weighted by molar-refractivity contribution is 0.0948. The van der Waals surface area contributed by atoms with Crippen molar-refractivity contribution >= 4 is 34.1 Å². The highest BCUT2D eigenvalue weighted by molar-refractivity contribution is 7.99. The van der Waals surface area contributed by atoms with E-state index in [2.05, 4.69) is 15.5 Å². The van der Waals surface area contributed by atoms with E-state index in [1.54, 1.807) is 24.9 Å². The van der Waals surface area contributed by atoms with Crippen molar-refractivity contribution in [3.63, 3.8) is 0 Å². The smallest absolute Gasteiger partial charge is 0.252 e. The molecule has 6 nitrogen and oxygen atoms in total. The van der Waals surface area contributed by atoms with Crippen LogP contribution >= 0.6 is 23.1 Å². The zero-order chi connectivity index (χ0) is 15.1. The van der Waals surface area contributed by atoms with Gasteiger partial charge in [-0.3, -0.25) is 4.79 Å². The number of ether oxygens (including phenoxy) is 1. The van der Waals surface area contributed by atoms with E-state index in [0.29, 0.717) is 28.9 Å². The van der Waals surface area contributed by atoms with Crippen molar-refractivity contribution in [1.29, 1.82) is 0 Å². The molecule has 3 N–H and O–H groups in total. The van der Waals surface area contributed by atoms with Crippen LogP contribution in [0.5, 0.6) is 0 Å². The summed E-state index contributed by atoms with van der Waals surface area (Å²) < 4.78 is 5.02. The number of anilines is 1. The molecule has 0 atom stereocenters. The van der Waals surface area contributed by atoms with Crippen LogP contribution in [0.4, 0.5) is 5.13 Å². The maximum Gasteiger partial charge on any atom is 0.252 e. The van der Waals surface area contributed by atoms with E-state index < -0.39 is 0 Å². The van der Waals surface area contributed by atoms with Crippen LogP contribution in [0, 0.1) is 0 Å². The highest BCUT2D eigenvalue weighted by atomic mass is 32.2. The third kappa shape index (κ3) is 4.69. The largest absolute Gasteiger partial charge is 0.384 e. The molecule has 0 radical (unpaired) electrons. The Labute approximate surface area is 131 Å². The summed E-state index contributed by atoms with van der Waals surface area (Å²) in [5.74, 6) is 0.664. The first-order valence-corrected chi connectivity index (χ1v) is 8.07. The van der Waals surface area contributed by atoms with Crippen LogP contribution in [0.1, 0.15) is 15.4 Å². The lowest BCUT2D eigenvalue weighted by Crippen LogP contribution is -2.23. The number of nitrogens with one attached hydrogen (secondary N) is 1. The molecule has 1 aromatic heterocycles. The van der Waals surface area contributed by atoms with Crippen molar-refractivity contribution in [2.45, 2.75) is 11.4 Å². The molecule has 112 valence electrons. The number of amides is 1. The SMILES string of the molecule is COCCSc1ccccc1C(=O)NCc1nnc(N)s1. The van der Waals surface area contributed by atoms with Crippen LogP contribution < -0.4 is 11.1 Å². The average molecular weight is 324 g/mol. The number of thioether (sulfide) groups is 1. The molecule has 2 aromatic rings. The summed E-state index contributed by atoms with van der Waals surface area (Å²) in [6.07, 6.45) is 0. The highest BCUT2D eigenvalue weighted by Crippen LogP contribution is 2.22. The second kappa shape index (κ2) is 7.96. The van der Waals surface area contributed by atoms with Crippen LogP contribution in [0.25, 0.3) is 0 Å². The molecule has 0 saturated carbocycles. The van der Waals surface area contributed by atoms with Gasteiger partial charge < -0.3 is 15.8 Å². The van der Waals surface area contributed by atoms with Crippen molar-refractivity contribution < 1.29 is 9.53 Å². The normalized spacial score (nSPS) is 10.5. The summed E-state index contributed by atoms with van der Waals surface area (Å²) in [4.78, 5) is 13.2. The third-order valence-electron chi connectivity index (χ3n) is 2.56. The second-order valence-corrected chi connectivity index (χ2v) is 6.28. The predicted molar refractivity (Wildman–Crippen MR) is 84.5 cm³/mol. The van der Waals surface area contributed by atoms with Gasteiger partial charge in [0.1, 0.15) is 5.01 Å². The molecule has 0 aliphatic carbocycles. The number of methoxy groups -OCH3 is 1. The Kier molecular flexibility index (Phi) is 5.97. The maximum absolute atomic E-state index is 12.2. The van der Waals surface area contributed by atoms with E-state index in [-0.39, 0.29) is 5.91 Å². The van der Waals surface area contributed by atoms with Crippen LogP contribution in [-0.4, -0.2) is 35.6 Å². The minimum Gasteiger partial charge on any atom is -0.384 e. The zero-order valence-corrected chi connectivity index (χ0v) is 13.2. The van der Waals surface area contributed by atoms with Gasteiger partial charge in [0.15, 0.2) is 0 Å². The summed E-state index contributed by atoms with van der Waals surface area (Å²) in [6.45, 7) is 0.968. The van der Waals surface area contributed by atoms with Crippen molar-refractivity contribution in [1.82, 2.24) is 15.5 Å². The maximum atomic E-state index is 12.2. The Morgan fingerprint density at radius 3 is 2.95 bits per heavy atom. The number of carbonyl (C=O) groups excluding carboxylic acids is 1. The number of nitrogens with zero attached hydrogens (tertiary/aromatic N) is 2. The number of aromatic nitrogens is 2. The fourth-order valence-corrected chi connectivity index (χ4v) is 3.11. The number of nitrogen functional groups attached to an aromatic ring is 1. The lowest BCUT2D eigenvalue weighted by atomic mass is 10.2. The van der Waals surface area contributed by atoms with Gasteiger partial charge in [-0.25, -0.2) is 0 Å². The first kappa shape index (κ1) is 15.7. The Bertz CT molecular complexity index is 603. The summed E-state index contributed by atoms with van der Waals surface area (Å²) >= 11 is 2.86. The molecular formula is C13H16N4O2S2. The molecule has 8 heteroatoms. The van der Waals surface area contributed by atoms with E-state index in [1.807, 2.05) is 18.2 Å². The second-order valence-electron chi connectivity index (χ2n) is 4.05. The molecule has 0 bridgehead atoms. The lowest BCUT2D eigenvalue weighted by Gasteiger charge is -2.08. The zero-order valence-electron chi connectivity index (χ0n) is 11.5. The van der Waals surface area contributed by atoms with E-state index in [9.17, 15) is 4.79 Å². The van der Waals surface area contributed by atoms with Gasteiger partial charge in [-0.05, 0) is 12.1 Å². The predicted octanol–water partition coefficient (Wildman–Crippen LogP) is 1.79. The number of hydrogen-bond acceptors (Lipinski definition) is 7. The van der Waals surface area contributed by atoms with Gasteiger partial charge >= 0.3 is 0 Å². The Morgan fingerprint density at radius 1 is 1.43 bits per heavy atom. The van der Waals surface area contributed by atoms with Gasteiger partial charge in [0, 0.05) is 17.8 Å². The molecule has 0 aliphatic heterocycles. The van der Waals surface area contributed by atoms with Gasteiger partial charge in [0.05, 0.1) is 18.7 Å². The molecule has 0 aliphatic rings. The molecule has 0 fully saturated rings. The van der Waals surface area contributed by atoms with Crippen molar-refractivity contribution in [3.8, 4) is 0 Å². The van der Waals surface area contributed by atoms with Crippen molar-refractivity contribution in [2.24, 2.45) is 0 Å². The Morgan fingerprint density at radius 2 is 2.24 bits per heavy atom. The van der Waals surface area contributed by atoms with Gasteiger partial charge in [0.25, 0.3) is 5.91 Å². The molecule has 2 rings (SSSR count). The third-order valence-corrected chi connectivity index (χ3v) is 4.35. The van der Waals surface area contributed by atoms with Gasteiger partial charge in [-0.2, -0.15) is 0 Å². The molecule has 0 saturated heterocycles. The summed E-state index contributed by atoms with van der Waals surface area (Å²) in [5.41, 5.74) is 6.15. The fraction of sp³-hybridized carbons (Fsp3) is 0.308. The molecule has 21 heavy (non-hydrogen) atoms. The Hall–Kier alpha value is -1.64. The van der Waals surface area contributed by atoms with E-state index in [4.69, 9.17) is 10.5 Å². The number of rotatable bonds is 7. The fourth-order valence-electron chi connectivity index (χ4n) is 1.60. The molecule has 1 aromatic carbocycles. The van der Waals surface area contributed by atoms with Gasteiger partial charge in [-0.15, -0.1) is 22.0 Å². The van der Waals surface area contributed by atoms with Crippen molar-refractivity contribution in [2.75, 3.05) is 25.2 Å². The van der Waals surface area contributed by atoms with E-state index in [1.165, 1.54) is 11.3 Å². The standard InChI is InChI=1S/C13H16N4O2S2/c1-19-6-7-20-10-5-3-2-4-9(10)12(18)15-8-11-16-17-13(14)21-11/h2-5H,6-8H2,1H3,(H2,14,17)(H,15,18). The topological polar surface area (TPSA) is 90.1 Å². The molecular weight excluding hydrogens is 308 g/mol. The highest BCUT2D eigenvalue weighted by Gasteiger charge is 2.12. The van der Waals surface area contributed by atoms with Crippen LogP contribution in [0.3, 0.4) is 0 Å². The first-order chi connectivity index (χ1) is 10.2. The van der Waals surface area contributed by atoms with Crippen molar-refractivity contribution in [3.05, 3.63) is 34.8 Å².